The van der Waals surface area contributed by atoms with Crippen molar-refractivity contribution in [3.63, 3.8) is 0 Å². The van der Waals surface area contributed by atoms with Crippen molar-refractivity contribution < 1.29 is 13.2 Å². The van der Waals surface area contributed by atoms with Gasteiger partial charge in [-0.05, 0) is 63.7 Å². The van der Waals surface area contributed by atoms with Gasteiger partial charge in [-0.15, -0.1) is 0 Å². The molecule has 0 unspecified atom stereocenters. The molecular formula is C14H27F3N2. The van der Waals surface area contributed by atoms with Crippen LogP contribution in [0, 0.1) is 11.3 Å². The molecule has 0 spiro atoms. The average molecular weight is 280 g/mol. The molecule has 2 nitrogen and oxygen atoms in total. The molecule has 114 valence electrons. The molecule has 1 heterocycles. The predicted molar refractivity (Wildman–Crippen MR) is 71.9 cm³/mol. The summed E-state index contributed by atoms with van der Waals surface area (Å²) in [6, 6.07) is 0. The van der Waals surface area contributed by atoms with Crippen LogP contribution in [0.5, 0.6) is 0 Å². The third kappa shape index (κ3) is 6.13. The number of rotatable bonds is 6. The fourth-order valence-electron chi connectivity index (χ4n) is 2.78. The molecule has 1 fully saturated rings. The number of halogens is 3. The van der Waals surface area contributed by atoms with Crippen LogP contribution in [0.4, 0.5) is 13.2 Å². The first-order valence-electron chi connectivity index (χ1n) is 7.24. The standard InChI is InChI=1S/C14H27F3N2/c1-13(2,7-8-18)6-3-9-19-10-4-12(5-11-19)14(15,16)17/h12H,3-11,18H2,1-2H3. The fraction of sp³-hybridized carbons (Fsp3) is 1.00. The van der Waals surface area contributed by atoms with Gasteiger partial charge < -0.3 is 10.6 Å². The second-order valence-corrected chi connectivity index (χ2v) is 6.46. The van der Waals surface area contributed by atoms with Gasteiger partial charge in [0.1, 0.15) is 0 Å². The highest BCUT2D eigenvalue weighted by Crippen LogP contribution is 2.34. The molecular weight excluding hydrogens is 253 g/mol. The van der Waals surface area contributed by atoms with Gasteiger partial charge in [0.25, 0.3) is 0 Å². The van der Waals surface area contributed by atoms with E-state index in [0.717, 1.165) is 25.8 Å². The van der Waals surface area contributed by atoms with Crippen LogP contribution in [0.2, 0.25) is 0 Å². The average Bonchev–Trinajstić information content (AvgIpc) is 2.28. The van der Waals surface area contributed by atoms with E-state index in [0.29, 0.717) is 19.6 Å². The van der Waals surface area contributed by atoms with E-state index in [1.54, 1.807) is 0 Å². The van der Waals surface area contributed by atoms with Crippen LogP contribution in [-0.4, -0.2) is 37.3 Å². The monoisotopic (exact) mass is 280 g/mol. The molecule has 0 aromatic heterocycles. The van der Waals surface area contributed by atoms with E-state index < -0.39 is 12.1 Å². The minimum atomic E-state index is -4.00. The SMILES string of the molecule is CC(C)(CCN)CCCN1CCC(C(F)(F)F)CC1. The number of alkyl halides is 3. The number of nitrogens with zero attached hydrogens (tertiary/aromatic N) is 1. The Hall–Kier alpha value is -0.290. The van der Waals surface area contributed by atoms with Crippen molar-refractivity contribution in [2.24, 2.45) is 17.1 Å². The van der Waals surface area contributed by atoms with Crippen molar-refractivity contribution >= 4 is 0 Å². The number of hydrogen-bond acceptors (Lipinski definition) is 2. The summed E-state index contributed by atoms with van der Waals surface area (Å²) in [5, 5.41) is 0. The lowest BCUT2D eigenvalue weighted by Crippen LogP contribution is -2.39. The predicted octanol–water partition coefficient (Wildman–Crippen LogP) is 3.42. The highest BCUT2D eigenvalue weighted by molar-refractivity contribution is 4.78. The van der Waals surface area contributed by atoms with Crippen LogP contribution in [-0.2, 0) is 0 Å². The highest BCUT2D eigenvalue weighted by atomic mass is 19.4. The highest BCUT2D eigenvalue weighted by Gasteiger charge is 2.40. The third-order valence-electron chi connectivity index (χ3n) is 4.20. The lowest BCUT2D eigenvalue weighted by molar-refractivity contribution is -0.185. The molecule has 1 saturated heterocycles. The van der Waals surface area contributed by atoms with E-state index in [1.165, 1.54) is 0 Å². The Kier molecular flexibility index (Phi) is 6.12. The largest absolute Gasteiger partial charge is 0.391 e. The normalized spacial score (nSPS) is 19.9. The molecule has 1 aliphatic rings. The zero-order valence-corrected chi connectivity index (χ0v) is 12.1. The molecule has 1 aliphatic heterocycles. The van der Waals surface area contributed by atoms with Crippen LogP contribution in [0.3, 0.4) is 0 Å². The van der Waals surface area contributed by atoms with Crippen molar-refractivity contribution in [1.82, 2.24) is 4.90 Å². The lowest BCUT2D eigenvalue weighted by atomic mass is 9.84. The minimum Gasteiger partial charge on any atom is -0.330 e. The van der Waals surface area contributed by atoms with Crippen LogP contribution >= 0.6 is 0 Å². The van der Waals surface area contributed by atoms with Gasteiger partial charge in [-0.25, -0.2) is 0 Å². The van der Waals surface area contributed by atoms with E-state index in [4.69, 9.17) is 5.73 Å². The maximum Gasteiger partial charge on any atom is 0.391 e. The fourth-order valence-corrected chi connectivity index (χ4v) is 2.78. The Labute approximate surface area is 114 Å². The topological polar surface area (TPSA) is 29.3 Å². The molecule has 1 rings (SSSR count). The summed E-state index contributed by atoms with van der Waals surface area (Å²) in [4.78, 5) is 2.17. The molecule has 0 bridgehead atoms. The zero-order chi connectivity index (χ0) is 14.5. The lowest BCUT2D eigenvalue weighted by Gasteiger charge is -2.33. The summed E-state index contributed by atoms with van der Waals surface area (Å²) in [5.41, 5.74) is 5.82. The smallest absolute Gasteiger partial charge is 0.330 e. The number of likely N-dealkylation sites (tertiary alicyclic amines) is 1. The van der Waals surface area contributed by atoms with Gasteiger partial charge in [-0.2, -0.15) is 13.2 Å². The summed E-state index contributed by atoms with van der Waals surface area (Å²) in [7, 11) is 0. The summed E-state index contributed by atoms with van der Waals surface area (Å²) in [5.74, 6) is -1.09. The van der Waals surface area contributed by atoms with Crippen molar-refractivity contribution in [3.8, 4) is 0 Å². The van der Waals surface area contributed by atoms with Gasteiger partial charge in [-0.1, -0.05) is 13.8 Å². The van der Waals surface area contributed by atoms with Gasteiger partial charge in [0.2, 0.25) is 0 Å². The van der Waals surface area contributed by atoms with E-state index in [9.17, 15) is 13.2 Å². The summed E-state index contributed by atoms with van der Waals surface area (Å²) < 4.78 is 37.6. The first-order valence-corrected chi connectivity index (χ1v) is 7.24. The molecule has 5 heteroatoms. The molecule has 2 N–H and O–H groups in total. The van der Waals surface area contributed by atoms with Crippen LogP contribution < -0.4 is 5.73 Å². The molecule has 0 aromatic rings. The first kappa shape index (κ1) is 16.8. The third-order valence-corrected chi connectivity index (χ3v) is 4.20. The van der Waals surface area contributed by atoms with Gasteiger partial charge >= 0.3 is 6.18 Å². The summed E-state index contributed by atoms with van der Waals surface area (Å²) >= 11 is 0. The Bertz CT molecular complexity index is 256. The van der Waals surface area contributed by atoms with Crippen LogP contribution in [0.1, 0.15) is 46.0 Å². The van der Waals surface area contributed by atoms with Gasteiger partial charge in [0.15, 0.2) is 0 Å². The Morgan fingerprint density at radius 3 is 2.16 bits per heavy atom. The molecule has 19 heavy (non-hydrogen) atoms. The van der Waals surface area contributed by atoms with Crippen molar-refractivity contribution in [2.45, 2.75) is 52.1 Å². The number of piperidine rings is 1. The van der Waals surface area contributed by atoms with Crippen molar-refractivity contribution in [3.05, 3.63) is 0 Å². The molecule has 0 aliphatic carbocycles. The van der Waals surface area contributed by atoms with Crippen LogP contribution in [0.25, 0.3) is 0 Å². The zero-order valence-electron chi connectivity index (χ0n) is 12.1. The first-order chi connectivity index (χ1) is 8.74. The summed E-state index contributed by atoms with van der Waals surface area (Å²) in [6.07, 6.45) is -0.350. The van der Waals surface area contributed by atoms with Crippen molar-refractivity contribution in [2.75, 3.05) is 26.2 Å². The van der Waals surface area contributed by atoms with E-state index in [-0.39, 0.29) is 18.3 Å². The van der Waals surface area contributed by atoms with E-state index >= 15 is 0 Å². The quantitative estimate of drug-likeness (QED) is 0.808. The maximum absolute atomic E-state index is 12.5. The Morgan fingerprint density at radius 2 is 1.68 bits per heavy atom. The minimum absolute atomic E-state index is 0.249. The molecule has 0 saturated carbocycles. The second kappa shape index (κ2) is 6.93. The van der Waals surface area contributed by atoms with Gasteiger partial charge in [0.05, 0.1) is 5.92 Å². The van der Waals surface area contributed by atoms with Crippen LogP contribution in [0.15, 0.2) is 0 Å². The molecule has 0 aromatic carbocycles. The van der Waals surface area contributed by atoms with Crippen molar-refractivity contribution in [1.29, 1.82) is 0 Å². The van der Waals surface area contributed by atoms with E-state index in [2.05, 4.69) is 18.7 Å². The molecule has 0 amide bonds. The van der Waals surface area contributed by atoms with E-state index in [1.807, 2.05) is 0 Å². The number of nitrogens with two attached hydrogens (primary N) is 1. The Morgan fingerprint density at radius 1 is 1.11 bits per heavy atom. The Balaban J connectivity index is 2.20. The van der Waals surface area contributed by atoms with Gasteiger partial charge in [-0.3, -0.25) is 0 Å². The maximum atomic E-state index is 12.5. The molecule has 0 atom stereocenters. The second-order valence-electron chi connectivity index (χ2n) is 6.46. The summed E-state index contributed by atoms with van der Waals surface area (Å²) in [6.45, 7) is 7.19. The number of hydrogen-bond donors (Lipinski definition) is 1. The molecule has 0 radical (unpaired) electrons. The van der Waals surface area contributed by atoms with Gasteiger partial charge in [0, 0.05) is 0 Å².